The molecule has 3 aromatic rings. The van der Waals surface area contributed by atoms with E-state index in [1.54, 1.807) is 23.9 Å². The molecule has 0 saturated heterocycles. The molecular weight excluding hydrogens is 365 g/mol. The molecular formula is C17H15Cl2N3OS. The Morgan fingerprint density at radius 2 is 1.58 bits per heavy atom. The third-order valence-electron chi connectivity index (χ3n) is 3.39. The van der Waals surface area contributed by atoms with E-state index in [1.807, 2.05) is 48.0 Å². The summed E-state index contributed by atoms with van der Waals surface area (Å²) >= 11 is 13.4. The molecule has 0 bridgehead atoms. The van der Waals surface area contributed by atoms with Crippen LogP contribution in [0.4, 0.5) is 0 Å². The Morgan fingerprint density at radius 1 is 0.958 bits per heavy atom. The van der Waals surface area contributed by atoms with Crippen molar-refractivity contribution in [3.63, 3.8) is 0 Å². The van der Waals surface area contributed by atoms with Crippen LogP contribution >= 0.6 is 35.0 Å². The third kappa shape index (κ3) is 4.44. The molecule has 24 heavy (non-hydrogen) atoms. The summed E-state index contributed by atoms with van der Waals surface area (Å²) in [4.78, 5) is 0. The summed E-state index contributed by atoms with van der Waals surface area (Å²) in [6.07, 6.45) is 0. The van der Waals surface area contributed by atoms with E-state index in [-0.39, 0.29) is 0 Å². The van der Waals surface area contributed by atoms with Crippen LogP contribution < -0.4 is 4.74 Å². The van der Waals surface area contributed by atoms with Crippen molar-refractivity contribution < 1.29 is 4.74 Å². The Bertz CT molecular complexity index is 737. The van der Waals surface area contributed by atoms with Gasteiger partial charge in [-0.1, -0.05) is 47.1 Å². The van der Waals surface area contributed by atoms with Gasteiger partial charge in [-0.15, -0.1) is 10.2 Å². The molecule has 0 aliphatic heterocycles. The number of benzene rings is 2. The predicted octanol–water partition coefficient (Wildman–Crippen LogP) is 4.99. The van der Waals surface area contributed by atoms with Crippen molar-refractivity contribution in [3.8, 4) is 5.75 Å². The van der Waals surface area contributed by atoms with Gasteiger partial charge in [0.2, 0.25) is 0 Å². The number of nitrogens with zero attached hydrogens (tertiary/aromatic N) is 3. The summed E-state index contributed by atoms with van der Waals surface area (Å²) in [7, 11) is 1.94. The molecule has 124 valence electrons. The van der Waals surface area contributed by atoms with E-state index in [0.29, 0.717) is 11.6 Å². The fraction of sp³-hybridized carbons (Fsp3) is 0.176. The minimum atomic E-state index is 0.354. The number of hydrogen-bond acceptors (Lipinski definition) is 4. The van der Waals surface area contributed by atoms with Crippen LogP contribution in [0.15, 0.2) is 53.7 Å². The molecule has 0 aliphatic rings. The van der Waals surface area contributed by atoms with E-state index in [9.17, 15) is 0 Å². The average molecular weight is 380 g/mol. The standard InChI is InChI=1S/C17H15Cl2N3OS/c1-22-16(10-23-15-8-6-14(19)7-9-15)20-21-17(22)24-11-12-2-4-13(18)5-3-12/h2-9H,10-11H2,1H3. The van der Waals surface area contributed by atoms with E-state index in [4.69, 9.17) is 27.9 Å². The Morgan fingerprint density at radius 3 is 2.25 bits per heavy atom. The maximum atomic E-state index is 5.90. The maximum Gasteiger partial charge on any atom is 0.191 e. The molecule has 0 spiro atoms. The Labute approximate surface area is 154 Å². The molecule has 0 aliphatic carbocycles. The fourth-order valence-corrected chi connectivity index (χ4v) is 3.14. The first kappa shape index (κ1) is 17.1. The second kappa shape index (κ2) is 7.92. The van der Waals surface area contributed by atoms with Gasteiger partial charge in [0.1, 0.15) is 12.4 Å². The molecule has 0 amide bonds. The molecule has 1 aromatic heterocycles. The lowest BCUT2D eigenvalue weighted by atomic mass is 10.2. The quantitative estimate of drug-likeness (QED) is 0.565. The fourth-order valence-electron chi connectivity index (χ4n) is 2.00. The summed E-state index contributed by atoms with van der Waals surface area (Å²) in [5.41, 5.74) is 1.19. The molecule has 7 heteroatoms. The Balaban J connectivity index is 1.58. The van der Waals surface area contributed by atoms with E-state index in [2.05, 4.69) is 10.2 Å². The summed E-state index contributed by atoms with van der Waals surface area (Å²) < 4.78 is 7.65. The Hall–Kier alpha value is -1.69. The van der Waals surface area contributed by atoms with Gasteiger partial charge < -0.3 is 9.30 Å². The van der Waals surface area contributed by atoms with Crippen molar-refractivity contribution in [1.29, 1.82) is 0 Å². The van der Waals surface area contributed by atoms with Crippen LogP contribution in [0.2, 0.25) is 10.0 Å². The van der Waals surface area contributed by atoms with Crippen molar-refractivity contribution in [1.82, 2.24) is 14.8 Å². The van der Waals surface area contributed by atoms with E-state index < -0.39 is 0 Å². The molecule has 1 heterocycles. The molecule has 2 aromatic carbocycles. The van der Waals surface area contributed by atoms with Crippen molar-refractivity contribution in [2.24, 2.45) is 7.05 Å². The summed E-state index contributed by atoms with van der Waals surface area (Å²) in [5, 5.41) is 10.7. The first-order chi connectivity index (χ1) is 11.6. The number of ether oxygens (including phenoxy) is 1. The van der Waals surface area contributed by atoms with Gasteiger partial charge in [-0.2, -0.15) is 0 Å². The van der Waals surface area contributed by atoms with Crippen LogP contribution in [0.5, 0.6) is 5.75 Å². The number of rotatable bonds is 6. The monoisotopic (exact) mass is 379 g/mol. The molecule has 3 rings (SSSR count). The van der Waals surface area contributed by atoms with Gasteiger partial charge in [-0.25, -0.2) is 0 Å². The molecule has 0 N–H and O–H groups in total. The van der Waals surface area contributed by atoms with Gasteiger partial charge in [0.25, 0.3) is 0 Å². The SMILES string of the molecule is Cn1c(COc2ccc(Cl)cc2)nnc1SCc1ccc(Cl)cc1. The summed E-state index contributed by atoms with van der Waals surface area (Å²) in [6, 6.07) is 15.0. The first-order valence-electron chi connectivity index (χ1n) is 7.26. The van der Waals surface area contributed by atoms with Gasteiger partial charge in [-0.05, 0) is 42.0 Å². The van der Waals surface area contributed by atoms with Crippen LogP contribution in [0, 0.1) is 0 Å². The summed E-state index contributed by atoms with van der Waals surface area (Å²) in [5.74, 6) is 2.32. The minimum Gasteiger partial charge on any atom is -0.486 e. The second-order valence-corrected chi connectivity index (χ2v) is 6.93. The highest BCUT2D eigenvalue weighted by Gasteiger charge is 2.10. The molecule has 0 radical (unpaired) electrons. The zero-order valence-corrected chi connectivity index (χ0v) is 15.3. The van der Waals surface area contributed by atoms with Crippen molar-refractivity contribution in [2.45, 2.75) is 17.5 Å². The number of halogens is 2. The normalized spacial score (nSPS) is 10.8. The lowest BCUT2D eigenvalue weighted by Gasteiger charge is -2.06. The third-order valence-corrected chi connectivity index (χ3v) is 4.98. The van der Waals surface area contributed by atoms with Gasteiger partial charge in [-0.3, -0.25) is 0 Å². The highest BCUT2D eigenvalue weighted by molar-refractivity contribution is 7.98. The number of hydrogen-bond donors (Lipinski definition) is 0. The molecule has 4 nitrogen and oxygen atoms in total. The lowest BCUT2D eigenvalue weighted by molar-refractivity contribution is 0.290. The van der Waals surface area contributed by atoms with Gasteiger partial charge in [0.05, 0.1) is 0 Å². The average Bonchev–Trinajstić information content (AvgIpc) is 2.94. The zero-order chi connectivity index (χ0) is 16.9. The van der Waals surface area contributed by atoms with Crippen LogP contribution in [-0.2, 0) is 19.4 Å². The zero-order valence-electron chi connectivity index (χ0n) is 12.9. The lowest BCUT2D eigenvalue weighted by Crippen LogP contribution is -2.04. The Kier molecular flexibility index (Phi) is 5.66. The summed E-state index contributed by atoms with van der Waals surface area (Å²) in [6.45, 7) is 0.354. The van der Waals surface area contributed by atoms with E-state index >= 15 is 0 Å². The first-order valence-corrected chi connectivity index (χ1v) is 9.00. The molecule has 0 fully saturated rings. The van der Waals surface area contributed by atoms with E-state index in [0.717, 1.165) is 27.5 Å². The highest BCUT2D eigenvalue weighted by Crippen LogP contribution is 2.23. The number of thioether (sulfide) groups is 1. The minimum absolute atomic E-state index is 0.354. The smallest absolute Gasteiger partial charge is 0.191 e. The van der Waals surface area contributed by atoms with E-state index in [1.165, 1.54) is 5.56 Å². The van der Waals surface area contributed by atoms with Gasteiger partial charge in [0, 0.05) is 22.8 Å². The van der Waals surface area contributed by atoms with Crippen LogP contribution in [0.25, 0.3) is 0 Å². The largest absolute Gasteiger partial charge is 0.486 e. The molecule has 0 atom stereocenters. The van der Waals surface area contributed by atoms with Gasteiger partial charge >= 0.3 is 0 Å². The predicted molar refractivity (Wildman–Crippen MR) is 97.8 cm³/mol. The second-order valence-electron chi connectivity index (χ2n) is 5.12. The van der Waals surface area contributed by atoms with Crippen LogP contribution in [-0.4, -0.2) is 14.8 Å². The number of aromatic nitrogens is 3. The van der Waals surface area contributed by atoms with Gasteiger partial charge in [0.15, 0.2) is 11.0 Å². The topological polar surface area (TPSA) is 39.9 Å². The maximum absolute atomic E-state index is 5.90. The van der Waals surface area contributed by atoms with Crippen molar-refractivity contribution in [2.75, 3.05) is 0 Å². The molecule has 0 unspecified atom stereocenters. The van der Waals surface area contributed by atoms with Crippen molar-refractivity contribution >= 4 is 35.0 Å². The molecule has 0 saturated carbocycles. The van der Waals surface area contributed by atoms with Crippen LogP contribution in [0.1, 0.15) is 11.4 Å². The van der Waals surface area contributed by atoms with Crippen LogP contribution in [0.3, 0.4) is 0 Å². The van der Waals surface area contributed by atoms with Crippen molar-refractivity contribution in [3.05, 3.63) is 70.0 Å². The highest BCUT2D eigenvalue weighted by atomic mass is 35.5.